The van der Waals surface area contributed by atoms with Crippen LogP contribution >= 0.6 is 11.6 Å². The predicted molar refractivity (Wildman–Crippen MR) is 56.8 cm³/mol. The second kappa shape index (κ2) is 4.28. The molecule has 0 aliphatic carbocycles. The average Bonchev–Trinajstić information content (AvgIpc) is 2.30. The van der Waals surface area contributed by atoms with E-state index in [1.807, 2.05) is 0 Å². The summed E-state index contributed by atoms with van der Waals surface area (Å²) in [5, 5.41) is 18.4. The Morgan fingerprint density at radius 2 is 1.75 bits per heavy atom. The third kappa shape index (κ3) is 2.17. The van der Waals surface area contributed by atoms with Gasteiger partial charge < -0.3 is 9.90 Å². The SMILES string of the molecule is O=C([O-])c1ccc(-c2ccc(Cl)nn2)cc1. The summed E-state index contributed by atoms with van der Waals surface area (Å²) in [5.74, 6) is -1.20. The molecular formula is C11H6ClN2O2-. The molecule has 1 aromatic carbocycles. The smallest absolute Gasteiger partial charge is 0.151 e. The summed E-state index contributed by atoms with van der Waals surface area (Å²) in [7, 11) is 0. The average molecular weight is 234 g/mol. The van der Waals surface area contributed by atoms with Crippen molar-refractivity contribution in [1.82, 2.24) is 10.2 Å². The van der Waals surface area contributed by atoms with E-state index in [0.29, 0.717) is 10.8 Å². The molecular weight excluding hydrogens is 228 g/mol. The Hall–Kier alpha value is -1.94. The molecule has 0 saturated heterocycles. The summed E-state index contributed by atoms with van der Waals surface area (Å²) in [5.41, 5.74) is 1.54. The molecule has 0 amide bonds. The lowest BCUT2D eigenvalue weighted by atomic mass is 10.1. The van der Waals surface area contributed by atoms with Gasteiger partial charge in [0.1, 0.15) is 0 Å². The Bertz CT molecular complexity index is 509. The first-order valence-electron chi connectivity index (χ1n) is 4.48. The van der Waals surface area contributed by atoms with Crippen molar-refractivity contribution in [2.75, 3.05) is 0 Å². The maximum absolute atomic E-state index is 10.5. The molecule has 4 nitrogen and oxygen atoms in total. The molecule has 0 N–H and O–H groups in total. The number of hydrogen-bond acceptors (Lipinski definition) is 4. The van der Waals surface area contributed by atoms with Crippen LogP contribution < -0.4 is 5.11 Å². The van der Waals surface area contributed by atoms with Crippen LogP contribution in [0.2, 0.25) is 5.15 Å². The molecule has 0 unspecified atom stereocenters. The van der Waals surface area contributed by atoms with E-state index < -0.39 is 5.97 Å². The predicted octanol–water partition coefficient (Wildman–Crippen LogP) is 1.16. The van der Waals surface area contributed by atoms with Crippen molar-refractivity contribution in [2.24, 2.45) is 0 Å². The summed E-state index contributed by atoms with van der Waals surface area (Å²) >= 11 is 5.61. The van der Waals surface area contributed by atoms with Crippen molar-refractivity contribution in [1.29, 1.82) is 0 Å². The van der Waals surface area contributed by atoms with Crippen LogP contribution in [0.4, 0.5) is 0 Å². The highest BCUT2D eigenvalue weighted by atomic mass is 35.5. The Morgan fingerprint density at radius 3 is 2.25 bits per heavy atom. The van der Waals surface area contributed by atoms with E-state index in [0.717, 1.165) is 5.56 Å². The van der Waals surface area contributed by atoms with E-state index >= 15 is 0 Å². The van der Waals surface area contributed by atoms with E-state index in [2.05, 4.69) is 10.2 Å². The molecule has 0 aliphatic rings. The van der Waals surface area contributed by atoms with Crippen LogP contribution in [0.5, 0.6) is 0 Å². The molecule has 1 heterocycles. The van der Waals surface area contributed by atoms with E-state index in [1.165, 1.54) is 12.1 Å². The number of aromatic carboxylic acids is 1. The number of carboxylic acid groups (broad SMARTS) is 1. The number of carbonyl (C=O) groups is 1. The first kappa shape index (κ1) is 10.6. The highest BCUT2D eigenvalue weighted by Gasteiger charge is 2.00. The van der Waals surface area contributed by atoms with Gasteiger partial charge >= 0.3 is 0 Å². The van der Waals surface area contributed by atoms with Gasteiger partial charge in [0.2, 0.25) is 0 Å². The second-order valence-electron chi connectivity index (χ2n) is 3.11. The van der Waals surface area contributed by atoms with Gasteiger partial charge in [0.25, 0.3) is 0 Å². The molecule has 5 heteroatoms. The van der Waals surface area contributed by atoms with Gasteiger partial charge in [-0.15, -0.1) is 10.2 Å². The highest BCUT2D eigenvalue weighted by Crippen LogP contribution is 2.17. The molecule has 0 aliphatic heterocycles. The topological polar surface area (TPSA) is 65.9 Å². The van der Waals surface area contributed by atoms with Crippen LogP contribution in [-0.2, 0) is 0 Å². The standard InChI is InChI=1S/C11H7ClN2O2/c12-10-6-5-9(13-14-10)7-1-3-8(4-2-7)11(15)16/h1-6H,(H,15,16)/p-1. The second-order valence-corrected chi connectivity index (χ2v) is 3.49. The Kier molecular flexibility index (Phi) is 2.83. The number of aromatic nitrogens is 2. The quantitative estimate of drug-likeness (QED) is 0.781. The van der Waals surface area contributed by atoms with Crippen LogP contribution in [0, 0.1) is 0 Å². The molecule has 0 fully saturated rings. The maximum atomic E-state index is 10.5. The molecule has 0 spiro atoms. The molecule has 1 aromatic heterocycles. The number of nitrogens with zero attached hydrogens (tertiary/aromatic N) is 2. The summed E-state index contributed by atoms with van der Waals surface area (Å²) in [6, 6.07) is 9.54. The fourth-order valence-corrected chi connectivity index (χ4v) is 1.35. The van der Waals surface area contributed by atoms with Gasteiger partial charge in [-0.1, -0.05) is 35.9 Å². The lowest BCUT2D eigenvalue weighted by molar-refractivity contribution is -0.255. The first-order valence-corrected chi connectivity index (χ1v) is 4.85. The van der Waals surface area contributed by atoms with E-state index in [-0.39, 0.29) is 5.56 Å². The zero-order valence-corrected chi connectivity index (χ0v) is 8.81. The number of rotatable bonds is 2. The van der Waals surface area contributed by atoms with E-state index in [1.54, 1.807) is 24.3 Å². The van der Waals surface area contributed by atoms with Crippen LogP contribution in [0.3, 0.4) is 0 Å². The molecule has 0 saturated carbocycles. The third-order valence-corrected chi connectivity index (χ3v) is 2.25. The normalized spacial score (nSPS) is 10.1. The lowest BCUT2D eigenvalue weighted by Gasteiger charge is -2.03. The van der Waals surface area contributed by atoms with Crippen LogP contribution in [-0.4, -0.2) is 16.2 Å². The molecule has 0 radical (unpaired) electrons. The van der Waals surface area contributed by atoms with Gasteiger partial charge in [-0.05, 0) is 17.7 Å². The first-order chi connectivity index (χ1) is 7.66. The minimum atomic E-state index is -1.20. The Morgan fingerprint density at radius 1 is 1.06 bits per heavy atom. The van der Waals surface area contributed by atoms with Gasteiger partial charge in [0.05, 0.1) is 11.7 Å². The van der Waals surface area contributed by atoms with Crippen LogP contribution in [0.1, 0.15) is 10.4 Å². The number of benzene rings is 1. The van der Waals surface area contributed by atoms with Gasteiger partial charge in [-0.3, -0.25) is 0 Å². The fourth-order valence-electron chi connectivity index (χ4n) is 1.25. The summed E-state index contributed by atoms with van der Waals surface area (Å²) in [4.78, 5) is 10.5. The zero-order chi connectivity index (χ0) is 11.5. The molecule has 2 rings (SSSR count). The van der Waals surface area contributed by atoms with Crippen molar-refractivity contribution >= 4 is 17.6 Å². The number of carboxylic acids is 1. The van der Waals surface area contributed by atoms with Gasteiger partial charge in [0.15, 0.2) is 5.15 Å². The van der Waals surface area contributed by atoms with Crippen molar-refractivity contribution in [3.05, 3.63) is 47.1 Å². The van der Waals surface area contributed by atoms with Crippen molar-refractivity contribution in [3.63, 3.8) is 0 Å². The minimum Gasteiger partial charge on any atom is -0.545 e. The number of carbonyl (C=O) groups excluding carboxylic acids is 1. The summed E-state index contributed by atoms with van der Waals surface area (Å²) in [6.07, 6.45) is 0. The van der Waals surface area contributed by atoms with Crippen molar-refractivity contribution in [2.45, 2.75) is 0 Å². The van der Waals surface area contributed by atoms with Gasteiger partial charge in [-0.2, -0.15) is 0 Å². The molecule has 2 aromatic rings. The zero-order valence-electron chi connectivity index (χ0n) is 8.05. The van der Waals surface area contributed by atoms with Crippen molar-refractivity contribution in [3.8, 4) is 11.3 Å². The highest BCUT2D eigenvalue weighted by molar-refractivity contribution is 6.29. The van der Waals surface area contributed by atoms with Crippen molar-refractivity contribution < 1.29 is 9.90 Å². The number of hydrogen-bond donors (Lipinski definition) is 0. The Balaban J connectivity index is 2.34. The molecule has 16 heavy (non-hydrogen) atoms. The maximum Gasteiger partial charge on any atom is 0.151 e. The third-order valence-electron chi connectivity index (χ3n) is 2.05. The summed E-state index contributed by atoms with van der Waals surface area (Å²) < 4.78 is 0. The van der Waals surface area contributed by atoms with Gasteiger partial charge in [-0.25, -0.2) is 0 Å². The lowest BCUT2D eigenvalue weighted by Crippen LogP contribution is -2.21. The van der Waals surface area contributed by atoms with E-state index in [4.69, 9.17) is 11.6 Å². The number of halogens is 1. The van der Waals surface area contributed by atoms with Gasteiger partial charge in [0, 0.05) is 5.56 Å². The Labute approximate surface area is 96.5 Å². The monoisotopic (exact) mass is 233 g/mol. The van der Waals surface area contributed by atoms with Crippen LogP contribution in [0.15, 0.2) is 36.4 Å². The fraction of sp³-hybridized carbons (Fsp3) is 0. The van der Waals surface area contributed by atoms with E-state index in [9.17, 15) is 9.90 Å². The minimum absolute atomic E-state index is 0.130. The van der Waals surface area contributed by atoms with Crippen LogP contribution in [0.25, 0.3) is 11.3 Å². The largest absolute Gasteiger partial charge is 0.545 e. The molecule has 80 valence electrons. The molecule has 0 bridgehead atoms. The molecule has 0 atom stereocenters. The summed E-state index contributed by atoms with van der Waals surface area (Å²) in [6.45, 7) is 0.